The zero-order chi connectivity index (χ0) is 11.0. The SMILES string of the molecule is Cc1ccn2cc(Cc3ccco3)nc2c1. The molecule has 0 saturated heterocycles. The fraction of sp³-hybridized carbons (Fsp3) is 0.154. The Morgan fingerprint density at radius 3 is 3.12 bits per heavy atom. The molecule has 0 atom stereocenters. The molecular formula is C13H12N2O. The first kappa shape index (κ1) is 9.21. The maximum absolute atomic E-state index is 5.31. The van der Waals surface area contributed by atoms with Crippen LogP contribution in [0.2, 0.25) is 0 Å². The van der Waals surface area contributed by atoms with Crippen molar-refractivity contribution >= 4 is 5.65 Å². The average molecular weight is 212 g/mol. The zero-order valence-electron chi connectivity index (χ0n) is 9.05. The van der Waals surface area contributed by atoms with E-state index >= 15 is 0 Å². The highest BCUT2D eigenvalue weighted by Crippen LogP contribution is 2.12. The van der Waals surface area contributed by atoms with Crippen molar-refractivity contribution in [3.05, 3.63) is 59.9 Å². The van der Waals surface area contributed by atoms with Crippen LogP contribution < -0.4 is 0 Å². The fourth-order valence-corrected chi connectivity index (χ4v) is 1.81. The topological polar surface area (TPSA) is 30.4 Å². The Bertz CT molecular complexity index is 608. The molecule has 3 aromatic rings. The molecule has 0 aliphatic rings. The molecule has 3 nitrogen and oxygen atoms in total. The van der Waals surface area contributed by atoms with Gasteiger partial charge in [0.2, 0.25) is 0 Å². The summed E-state index contributed by atoms with van der Waals surface area (Å²) in [4.78, 5) is 4.55. The van der Waals surface area contributed by atoms with Gasteiger partial charge < -0.3 is 8.82 Å². The molecule has 0 fully saturated rings. The molecule has 16 heavy (non-hydrogen) atoms. The molecule has 3 rings (SSSR count). The van der Waals surface area contributed by atoms with E-state index in [0.717, 1.165) is 23.5 Å². The van der Waals surface area contributed by atoms with E-state index < -0.39 is 0 Å². The summed E-state index contributed by atoms with van der Waals surface area (Å²) in [5.41, 5.74) is 3.24. The molecule has 80 valence electrons. The highest BCUT2D eigenvalue weighted by molar-refractivity contribution is 5.42. The van der Waals surface area contributed by atoms with Crippen LogP contribution in [0.5, 0.6) is 0 Å². The highest BCUT2D eigenvalue weighted by atomic mass is 16.3. The molecule has 0 spiro atoms. The number of rotatable bonds is 2. The van der Waals surface area contributed by atoms with E-state index in [4.69, 9.17) is 4.42 Å². The molecule has 0 radical (unpaired) electrons. The number of aryl methyl sites for hydroxylation is 1. The van der Waals surface area contributed by atoms with Crippen LogP contribution in [0, 0.1) is 6.92 Å². The van der Waals surface area contributed by atoms with E-state index in [0.29, 0.717) is 0 Å². The number of imidazole rings is 1. The Kier molecular flexibility index (Phi) is 2.03. The van der Waals surface area contributed by atoms with Gasteiger partial charge in [-0.1, -0.05) is 0 Å². The number of pyridine rings is 1. The Morgan fingerprint density at radius 1 is 1.38 bits per heavy atom. The van der Waals surface area contributed by atoms with Crippen molar-refractivity contribution in [2.24, 2.45) is 0 Å². The van der Waals surface area contributed by atoms with E-state index in [1.807, 2.05) is 28.9 Å². The number of hydrogen-bond acceptors (Lipinski definition) is 2. The molecule has 3 heterocycles. The molecule has 0 unspecified atom stereocenters. The van der Waals surface area contributed by atoms with E-state index in [9.17, 15) is 0 Å². The second-order valence-corrected chi connectivity index (χ2v) is 3.96. The van der Waals surface area contributed by atoms with Gasteiger partial charge in [-0.2, -0.15) is 0 Å². The zero-order valence-corrected chi connectivity index (χ0v) is 9.05. The van der Waals surface area contributed by atoms with E-state index in [1.165, 1.54) is 5.56 Å². The Hall–Kier alpha value is -2.03. The van der Waals surface area contributed by atoms with E-state index in [2.05, 4.69) is 24.0 Å². The Labute approximate surface area is 93.4 Å². The van der Waals surface area contributed by atoms with Gasteiger partial charge in [0.15, 0.2) is 0 Å². The van der Waals surface area contributed by atoms with Gasteiger partial charge in [-0.25, -0.2) is 4.98 Å². The predicted molar refractivity (Wildman–Crippen MR) is 61.4 cm³/mol. The van der Waals surface area contributed by atoms with Crippen LogP contribution in [-0.4, -0.2) is 9.38 Å². The summed E-state index contributed by atoms with van der Waals surface area (Å²) in [6, 6.07) is 8.02. The molecule has 3 heteroatoms. The van der Waals surface area contributed by atoms with E-state index in [-0.39, 0.29) is 0 Å². The van der Waals surface area contributed by atoms with E-state index in [1.54, 1.807) is 6.26 Å². The molecule has 0 aromatic carbocycles. The quantitative estimate of drug-likeness (QED) is 0.654. The lowest BCUT2D eigenvalue weighted by atomic mass is 10.3. The van der Waals surface area contributed by atoms with Gasteiger partial charge in [-0.15, -0.1) is 0 Å². The first-order chi connectivity index (χ1) is 7.81. The predicted octanol–water partition coefficient (Wildman–Crippen LogP) is 2.83. The Balaban J connectivity index is 1.99. The summed E-state index contributed by atoms with van der Waals surface area (Å²) in [6.45, 7) is 2.07. The second kappa shape index (κ2) is 3.52. The molecule has 0 aliphatic heterocycles. The fourth-order valence-electron chi connectivity index (χ4n) is 1.81. The van der Waals surface area contributed by atoms with Gasteiger partial charge in [-0.05, 0) is 36.8 Å². The monoisotopic (exact) mass is 212 g/mol. The van der Waals surface area contributed by atoms with Gasteiger partial charge in [0.25, 0.3) is 0 Å². The third kappa shape index (κ3) is 1.60. The number of hydrogen-bond donors (Lipinski definition) is 0. The smallest absolute Gasteiger partial charge is 0.137 e. The van der Waals surface area contributed by atoms with Gasteiger partial charge in [0.05, 0.1) is 12.0 Å². The average Bonchev–Trinajstić information content (AvgIpc) is 2.86. The van der Waals surface area contributed by atoms with Crippen molar-refractivity contribution < 1.29 is 4.42 Å². The first-order valence-corrected chi connectivity index (χ1v) is 5.28. The molecule has 3 aromatic heterocycles. The van der Waals surface area contributed by atoms with Crippen molar-refractivity contribution in [1.29, 1.82) is 0 Å². The van der Waals surface area contributed by atoms with Crippen molar-refractivity contribution in [2.45, 2.75) is 13.3 Å². The molecule has 0 N–H and O–H groups in total. The van der Waals surface area contributed by atoms with Crippen molar-refractivity contribution in [3.8, 4) is 0 Å². The van der Waals surface area contributed by atoms with Crippen molar-refractivity contribution in [1.82, 2.24) is 9.38 Å². The molecule has 0 aliphatic carbocycles. The van der Waals surface area contributed by atoms with Crippen LogP contribution in [0.4, 0.5) is 0 Å². The van der Waals surface area contributed by atoms with Crippen LogP contribution in [0.15, 0.2) is 47.3 Å². The summed E-state index contributed by atoms with van der Waals surface area (Å²) < 4.78 is 7.34. The van der Waals surface area contributed by atoms with Crippen LogP contribution in [0.25, 0.3) is 5.65 Å². The lowest BCUT2D eigenvalue weighted by molar-refractivity contribution is 0.519. The first-order valence-electron chi connectivity index (χ1n) is 5.28. The largest absolute Gasteiger partial charge is 0.469 e. The van der Waals surface area contributed by atoms with Crippen molar-refractivity contribution in [2.75, 3.05) is 0 Å². The minimum atomic E-state index is 0.744. The minimum Gasteiger partial charge on any atom is -0.469 e. The standard InChI is InChI=1S/C13H12N2O/c1-10-4-5-15-9-11(14-13(15)7-10)8-12-3-2-6-16-12/h2-7,9H,8H2,1H3. The van der Waals surface area contributed by atoms with Crippen LogP contribution in [-0.2, 0) is 6.42 Å². The molecule has 0 saturated carbocycles. The number of furan rings is 1. The summed E-state index contributed by atoms with van der Waals surface area (Å²) in [6.07, 6.45) is 6.50. The lowest BCUT2D eigenvalue weighted by Crippen LogP contribution is -1.84. The summed E-state index contributed by atoms with van der Waals surface area (Å²) >= 11 is 0. The van der Waals surface area contributed by atoms with Crippen molar-refractivity contribution in [3.63, 3.8) is 0 Å². The highest BCUT2D eigenvalue weighted by Gasteiger charge is 2.04. The maximum atomic E-state index is 5.31. The van der Waals surface area contributed by atoms with Crippen LogP contribution in [0.1, 0.15) is 17.0 Å². The van der Waals surface area contributed by atoms with Crippen LogP contribution >= 0.6 is 0 Å². The number of nitrogens with zero attached hydrogens (tertiary/aromatic N) is 2. The van der Waals surface area contributed by atoms with Crippen LogP contribution in [0.3, 0.4) is 0 Å². The molecular weight excluding hydrogens is 200 g/mol. The minimum absolute atomic E-state index is 0.744. The van der Waals surface area contributed by atoms with Gasteiger partial charge in [0.1, 0.15) is 11.4 Å². The number of aromatic nitrogens is 2. The summed E-state index contributed by atoms with van der Waals surface area (Å²) in [5, 5.41) is 0. The second-order valence-electron chi connectivity index (χ2n) is 3.96. The van der Waals surface area contributed by atoms with Gasteiger partial charge >= 0.3 is 0 Å². The molecule has 0 amide bonds. The number of fused-ring (bicyclic) bond motifs is 1. The van der Waals surface area contributed by atoms with Gasteiger partial charge in [0, 0.05) is 18.8 Å². The van der Waals surface area contributed by atoms with Gasteiger partial charge in [-0.3, -0.25) is 0 Å². The molecule has 0 bridgehead atoms. The summed E-state index contributed by atoms with van der Waals surface area (Å²) in [5.74, 6) is 0.945. The third-order valence-electron chi connectivity index (χ3n) is 2.60. The Morgan fingerprint density at radius 2 is 2.31 bits per heavy atom. The summed E-state index contributed by atoms with van der Waals surface area (Å²) in [7, 11) is 0. The normalized spacial score (nSPS) is 11.1. The third-order valence-corrected chi connectivity index (χ3v) is 2.60. The maximum Gasteiger partial charge on any atom is 0.137 e. The lowest BCUT2D eigenvalue weighted by Gasteiger charge is -1.92.